The largest absolute Gasteiger partial charge is 0.476 e. The lowest BCUT2D eigenvalue weighted by Gasteiger charge is -2.07. The van der Waals surface area contributed by atoms with Crippen molar-refractivity contribution >= 4 is 58.5 Å². The van der Waals surface area contributed by atoms with Gasteiger partial charge in [0.05, 0.1) is 13.2 Å². The fourth-order valence-electron chi connectivity index (χ4n) is 1.96. The van der Waals surface area contributed by atoms with Crippen molar-refractivity contribution in [1.82, 2.24) is 19.9 Å². The fourth-order valence-corrected chi connectivity index (χ4v) is 2.45. The SMILES string of the molecule is CCC(=O)CNc1ncnc(C(=O)O)c1Cl.CCOC(=O)CNc1ncnc(C(=O)O)c1Cl. The summed E-state index contributed by atoms with van der Waals surface area (Å²) in [5, 5.41) is 22.5. The van der Waals surface area contributed by atoms with Gasteiger partial charge in [-0.3, -0.25) is 9.59 Å². The molecule has 2 heterocycles. The summed E-state index contributed by atoms with van der Waals surface area (Å²) in [7, 11) is 0. The lowest BCUT2D eigenvalue weighted by Crippen LogP contribution is -2.18. The predicted molar refractivity (Wildman–Crippen MR) is 117 cm³/mol. The van der Waals surface area contributed by atoms with Gasteiger partial charge in [0.25, 0.3) is 0 Å². The number of aromatic carboxylic acids is 2. The molecule has 0 radical (unpaired) electrons. The van der Waals surface area contributed by atoms with Crippen LogP contribution in [0, 0.1) is 0 Å². The molecule has 0 aliphatic carbocycles. The molecule has 4 N–H and O–H groups in total. The summed E-state index contributed by atoms with van der Waals surface area (Å²) in [6.45, 7) is 3.58. The standard InChI is InChI=1S/C9H10ClN3O4.C9H10ClN3O3/c1-2-17-5(14)3-11-8-6(10)7(9(15)16)12-4-13-8;1-2-5(14)3-11-8-6(10)7(9(15)16)12-4-13-8/h4H,2-3H2,1H3,(H,15,16)(H,11,12,13);4H,2-3H2,1H3,(H,15,16)(H,11,12,13). The van der Waals surface area contributed by atoms with Crippen molar-refractivity contribution in [2.75, 3.05) is 30.3 Å². The van der Waals surface area contributed by atoms with Crippen LogP contribution in [0.3, 0.4) is 0 Å². The molecule has 0 aromatic carbocycles. The average Bonchev–Trinajstić information content (AvgIpc) is 2.77. The minimum Gasteiger partial charge on any atom is -0.476 e. The Morgan fingerprint density at radius 2 is 1.30 bits per heavy atom. The first-order chi connectivity index (χ1) is 15.6. The van der Waals surface area contributed by atoms with E-state index in [1.165, 1.54) is 0 Å². The number of carbonyl (C=O) groups excluding carboxylic acids is 2. The van der Waals surface area contributed by atoms with Crippen LogP contribution in [-0.4, -0.2) is 73.5 Å². The van der Waals surface area contributed by atoms with Gasteiger partial charge < -0.3 is 25.6 Å². The van der Waals surface area contributed by atoms with Gasteiger partial charge in [0, 0.05) is 6.42 Å². The Kier molecular flexibility index (Phi) is 11.4. The quantitative estimate of drug-likeness (QED) is 0.344. The number of hydrogen-bond donors (Lipinski definition) is 4. The molecule has 2 rings (SSSR count). The van der Waals surface area contributed by atoms with Crippen LogP contribution in [0.1, 0.15) is 41.2 Å². The van der Waals surface area contributed by atoms with Crippen LogP contribution in [0.4, 0.5) is 11.6 Å². The van der Waals surface area contributed by atoms with Crippen molar-refractivity contribution in [2.45, 2.75) is 20.3 Å². The zero-order chi connectivity index (χ0) is 25.0. The highest BCUT2D eigenvalue weighted by atomic mass is 35.5. The fraction of sp³-hybridized carbons (Fsp3) is 0.333. The number of carboxylic acids is 2. The lowest BCUT2D eigenvalue weighted by molar-refractivity contribution is -0.140. The molecule has 33 heavy (non-hydrogen) atoms. The highest BCUT2D eigenvalue weighted by Gasteiger charge is 2.16. The van der Waals surface area contributed by atoms with E-state index in [1.54, 1.807) is 13.8 Å². The Hall–Kier alpha value is -3.58. The summed E-state index contributed by atoms with van der Waals surface area (Å²) < 4.78 is 4.68. The van der Waals surface area contributed by atoms with Gasteiger partial charge in [0.2, 0.25) is 0 Å². The normalized spacial score (nSPS) is 9.82. The first-order valence-corrected chi connectivity index (χ1v) is 10.00. The third-order valence-corrected chi connectivity index (χ3v) is 4.25. The molecular formula is C18H20Cl2N6O7. The van der Waals surface area contributed by atoms with E-state index in [0.29, 0.717) is 6.42 Å². The molecule has 0 bridgehead atoms. The molecule has 0 unspecified atom stereocenters. The maximum Gasteiger partial charge on any atom is 0.356 e. The molecular weight excluding hydrogens is 483 g/mol. The van der Waals surface area contributed by atoms with E-state index in [-0.39, 0.29) is 58.5 Å². The van der Waals surface area contributed by atoms with Gasteiger partial charge in [-0.2, -0.15) is 0 Å². The second kappa shape index (κ2) is 13.8. The molecule has 0 aliphatic rings. The van der Waals surface area contributed by atoms with Gasteiger partial charge in [0.1, 0.15) is 40.9 Å². The molecule has 178 valence electrons. The topological polar surface area (TPSA) is 194 Å². The number of carbonyl (C=O) groups is 4. The monoisotopic (exact) mass is 502 g/mol. The van der Waals surface area contributed by atoms with E-state index < -0.39 is 17.9 Å². The number of ketones is 1. The van der Waals surface area contributed by atoms with E-state index in [2.05, 4.69) is 35.3 Å². The highest BCUT2D eigenvalue weighted by Crippen LogP contribution is 2.22. The Morgan fingerprint density at radius 1 is 0.848 bits per heavy atom. The number of nitrogens with zero attached hydrogens (tertiary/aromatic N) is 4. The smallest absolute Gasteiger partial charge is 0.356 e. The number of anilines is 2. The third-order valence-electron chi connectivity index (χ3n) is 3.54. The Balaban J connectivity index is 0.000000331. The van der Waals surface area contributed by atoms with Crippen molar-refractivity contribution < 1.29 is 34.1 Å². The minimum absolute atomic E-state index is 0.0217. The molecule has 13 nitrogen and oxygen atoms in total. The van der Waals surface area contributed by atoms with Gasteiger partial charge in [-0.15, -0.1) is 0 Å². The predicted octanol–water partition coefficient (Wildman–Crippen LogP) is 2.02. The molecule has 0 amide bonds. The molecule has 0 saturated heterocycles. The highest BCUT2D eigenvalue weighted by molar-refractivity contribution is 6.35. The van der Waals surface area contributed by atoms with E-state index in [1.807, 2.05) is 0 Å². The van der Waals surface area contributed by atoms with Crippen LogP contribution >= 0.6 is 23.2 Å². The third kappa shape index (κ3) is 8.82. The maximum absolute atomic E-state index is 11.1. The molecule has 0 aliphatic heterocycles. The first kappa shape index (κ1) is 27.5. The molecule has 2 aromatic heterocycles. The van der Waals surface area contributed by atoms with E-state index in [9.17, 15) is 19.2 Å². The second-order valence-corrected chi connectivity index (χ2v) is 6.54. The van der Waals surface area contributed by atoms with E-state index >= 15 is 0 Å². The van der Waals surface area contributed by atoms with Crippen LogP contribution < -0.4 is 10.6 Å². The summed E-state index contributed by atoms with van der Waals surface area (Å²) >= 11 is 11.5. The van der Waals surface area contributed by atoms with Crippen molar-refractivity contribution in [3.63, 3.8) is 0 Å². The molecule has 0 spiro atoms. The number of halogens is 2. The molecule has 2 aromatic rings. The summed E-state index contributed by atoms with van der Waals surface area (Å²) in [4.78, 5) is 58.0. The van der Waals surface area contributed by atoms with Crippen LogP contribution in [-0.2, 0) is 14.3 Å². The van der Waals surface area contributed by atoms with Gasteiger partial charge in [-0.25, -0.2) is 29.5 Å². The van der Waals surface area contributed by atoms with Crippen molar-refractivity contribution in [3.05, 3.63) is 34.1 Å². The maximum atomic E-state index is 11.1. The number of rotatable bonds is 10. The zero-order valence-corrected chi connectivity index (χ0v) is 19.0. The van der Waals surface area contributed by atoms with Crippen LogP contribution in [0.2, 0.25) is 10.0 Å². The second-order valence-electron chi connectivity index (χ2n) is 5.78. The molecule has 15 heteroatoms. The lowest BCUT2D eigenvalue weighted by atomic mass is 10.3. The summed E-state index contributed by atoms with van der Waals surface area (Å²) in [6.07, 6.45) is 2.51. The molecule has 0 fully saturated rings. The van der Waals surface area contributed by atoms with Crippen LogP contribution in [0.25, 0.3) is 0 Å². The number of carboxylic acid groups (broad SMARTS) is 2. The first-order valence-electron chi connectivity index (χ1n) is 9.24. The molecule has 0 atom stereocenters. The van der Waals surface area contributed by atoms with E-state index in [0.717, 1.165) is 12.7 Å². The number of ether oxygens (including phenoxy) is 1. The van der Waals surface area contributed by atoms with Crippen LogP contribution in [0.5, 0.6) is 0 Å². The number of aromatic nitrogens is 4. The Bertz CT molecular complexity index is 1020. The van der Waals surface area contributed by atoms with E-state index in [4.69, 9.17) is 33.4 Å². The number of esters is 1. The Morgan fingerprint density at radius 3 is 1.70 bits per heavy atom. The summed E-state index contributed by atoms with van der Waals surface area (Å²) in [5.74, 6) is -2.79. The van der Waals surface area contributed by atoms with Crippen LogP contribution in [0.15, 0.2) is 12.7 Å². The van der Waals surface area contributed by atoms with Gasteiger partial charge in [0.15, 0.2) is 17.2 Å². The summed E-state index contributed by atoms with van der Waals surface area (Å²) in [6, 6.07) is 0. The average molecular weight is 503 g/mol. The number of Topliss-reactive ketones (excluding diaryl/α,β-unsaturated/α-hetero) is 1. The number of hydrogen-bond acceptors (Lipinski definition) is 11. The minimum atomic E-state index is -1.27. The van der Waals surface area contributed by atoms with Gasteiger partial charge in [-0.05, 0) is 6.92 Å². The van der Waals surface area contributed by atoms with Crippen molar-refractivity contribution in [3.8, 4) is 0 Å². The summed E-state index contributed by atoms with van der Waals surface area (Å²) in [5.41, 5.74) is -0.615. The Labute approximate surface area is 197 Å². The van der Waals surface area contributed by atoms with Crippen molar-refractivity contribution in [1.29, 1.82) is 0 Å². The van der Waals surface area contributed by atoms with Gasteiger partial charge in [-0.1, -0.05) is 30.1 Å². The number of nitrogens with one attached hydrogen (secondary N) is 2. The molecule has 0 saturated carbocycles. The van der Waals surface area contributed by atoms with Crippen molar-refractivity contribution in [2.24, 2.45) is 0 Å². The van der Waals surface area contributed by atoms with Gasteiger partial charge >= 0.3 is 17.9 Å². The zero-order valence-electron chi connectivity index (χ0n) is 17.5.